The standard InChI is InChI=1S/C15H18N2O5S/c1-2-23-13-5-3-4-12(13)16-14(18)9-6-10(15(19)20)8-11(7-9)17(21)22/h6-8,12-13H,2-5H2,1H3,(H,16,18)(H,19,20). The summed E-state index contributed by atoms with van der Waals surface area (Å²) in [5, 5.41) is 23.2. The number of rotatable bonds is 6. The van der Waals surface area contributed by atoms with Crippen molar-refractivity contribution in [2.75, 3.05) is 5.75 Å². The Morgan fingerprint density at radius 3 is 2.65 bits per heavy atom. The number of hydrogen-bond acceptors (Lipinski definition) is 5. The van der Waals surface area contributed by atoms with E-state index in [4.69, 9.17) is 5.11 Å². The summed E-state index contributed by atoms with van der Waals surface area (Å²) in [4.78, 5) is 33.6. The lowest BCUT2D eigenvalue weighted by Crippen LogP contribution is -2.38. The lowest BCUT2D eigenvalue weighted by Gasteiger charge is -2.20. The Kier molecular flexibility index (Phi) is 5.59. The number of nitrogens with zero attached hydrogens (tertiary/aromatic N) is 1. The monoisotopic (exact) mass is 338 g/mol. The third-order valence-corrected chi connectivity index (χ3v) is 5.11. The van der Waals surface area contributed by atoms with Gasteiger partial charge in [-0.25, -0.2) is 4.79 Å². The number of nitro groups is 1. The van der Waals surface area contributed by atoms with Crippen LogP contribution in [0.4, 0.5) is 5.69 Å². The zero-order valence-electron chi connectivity index (χ0n) is 12.7. The maximum Gasteiger partial charge on any atom is 0.335 e. The minimum atomic E-state index is -1.30. The Hall–Kier alpha value is -2.09. The number of aromatic carboxylic acids is 1. The van der Waals surface area contributed by atoms with Crippen molar-refractivity contribution in [3.8, 4) is 0 Å². The molecule has 2 rings (SSSR count). The van der Waals surface area contributed by atoms with Crippen LogP contribution in [0.1, 0.15) is 46.9 Å². The number of carbonyl (C=O) groups is 2. The third kappa shape index (κ3) is 4.22. The molecule has 1 fully saturated rings. The lowest BCUT2D eigenvalue weighted by molar-refractivity contribution is -0.384. The molecule has 23 heavy (non-hydrogen) atoms. The fraction of sp³-hybridized carbons (Fsp3) is 0.467. The number of benzene rings is 1. The maximum absolute atomic E-state index is 12.4. The van der Waals surface area contributed by atoms with Crippen LogP contribution < -0.4 is 5.32 Å². The number of hydrogen-bond donors (Lipinski definition) is 2. The summed E-state index contributed by atoms with van der Waals surface area (Å²) in [5.74, 6) is -0.815. The fourth-order valence-electron chi connectivity index (χ4n) is 2.73. The number of carboxylic acids is 1. The summed E-state index contributed by atoms with van der Waals surface area (Å²) in [7, 11) is 0. The Morgan fingerprint density at radius 1 is 1.35 bits per heavy atom. The Morgan fingerprint density at radius 2 is 2.04 bits per heavy atom. The van der Waals surface area contributed by atoms with Gasteiger partial charge in [-0.15, -0.1) is 0 Å². The van der Waals surface area contributed by atoms with Gasteiger partial charge in [-0.05, 0) is 24.7 Å². The fourth-order valence-corrected chi connectivity index (χ4v) is 3.93. The Labute approximate surface area is 137 Å². The molecular formula is C15H18N2O5S. The van der Waals surface area contributed by atoms with Crippen molar-refractivity contribution < 1.29 is 19.6 Å². The van der Waals surface area contributed by atoms with E-state index in [0.717, 1.165) is 37.1 Å². The van der Waals surface area contributed by atoms with Gasteiger partial charge in [0.25, 0.3) is 11.6 Å². The van der Waals surface area contributed by atoms with Crippen LogP contribution in [0, 0.1) is 10.1 Å². The summed E-state index contributed by atoms with van der Waals surface area (Å²) >= 11 is 1.78. The molecule has 0 heterocycles. The van der Waals surface area contributed by atoms with Crippen molar-refractivity contribution in [3.05, 3.63) is 39.4 Å². The van der Waals surface area contributed by atoms with Crippen molar-refractivity contribution in [2.24, 2.45) is 0 Å². The molecular weight excluding hydrogens is 320 g/mol. The van der Waals surface area contributed by atoms with Crippen LogP contribution in [0.3, 0.4) is 0 Å². The number of carbonyl (C=O) groups excluding carboxylic acids is 1. The summed E-state index contributed by atoms with van der Waals surface area (Å²) in [5.41, 5.74) is -0.667. The molecule has 0 spiro atoms. The zero-order chi connectivity index (χ0) is 17.0. The van der Waals surface area contributed by atoms with Gasteiger partial charge in [-0.3, -0.25) is 14.9 Å². The second kappa shape index (κ2) is 7.45. The number of nitrogens with one attached hydrogen (secondary N) is 1. The van der Waals surface area contributed by atoms with Gasteiger partial charge in [0.15, 0.2) is 0 Å². The lowest BCUT2D eigenvalue weighted by atomic mass is 10.1. The molecule has 124 valence electrons. The van der Waals surface area contributed by atoms with Gasteiger partial charge in [0.2, 0.25) is 0 Å². The summed E-state index contributed by atoms with van der Waals surface area (Å²) in [6.45, 7) is 2.06. The van der Waals surface area contributed by atoms with E-state index in [1.807, 2.05) is 0 Å². The summed E-state index contributed by atoms with van der Waals surface area (Å²) < 4.78 is 0. The number of amides is 1. The third-order valence-electron chi connectivity index (χ3n) is 3.79. The number of non-ortho nitro benzene ring substituents is 1. The first-order valence-corrected chi connectivity index (χ1v) is 8.42. The van der Waals surface area contributed by atoms with Gasteiger partial charge in [-0.2, -0.15) is 11.8 Å². The molecule has 2 atom stereocenters. The minimum Gasteiger partial charge on any atom is -0.478 e. The summed E-state index contributed by atoms with van der Waals surface area (Å²) in [6.07, 6.45) is 2.92. The van der Waals surface area contributed by atoms with Crippen molar-refractivity contribution in [1.29, 1.82) is 0 Å². The minimum absolute atomic E-state index is 0.00347. The topological polar surface area (TPSA) is 110 Å². The molecule has 0 bridgehead atoms. The largest absolute Gasteiger partial charge is 0.478 e. The molecule has 8 heteroatoms. The molecule has 1 saturated carbocycles. The molecule has 1 aliphatic carbocycles. The molecule has 1 aromatic rings. The molecule has 0 aliphatic heterocycles. The zero-order valence-corrected chi connectivity index (χ0v) is 13.5. The molecule has 1 aliphatic rings. The van der Waals surface area contributed by atoms with E-state index in [0.29, 0.717) is 5.25 Å². The summed E-state index contributed by atoms with van der Waals surface area (Å²) in [6, 6.07) is 3.24. The van der Waals surface area contributed by atoms with E-state index in [2.05, 4.69) is 12.2 Å². The Balaban J connectivity index is 2.21. The van der Waals surface area contributed by atoms with Crippen molar-refractivity contribution >= 4 is 29.3 Å². The highest BCUT2D eigenvalue weighted by molar-refractivity contribution is 7.99. The molecule has 1 amide bonds. The van der Waals surface area contributed by atoms with E-state index >= 15 is 0 Å². The van der Waals surface area contributed by atoms with Crippen molar-refractivity contribution in [2.45, 2.75) is 37.5 Å². The predicted molar refractivity (Wildman–Crippen MR) is 87.1 cm³/mol. The highest BCUT2D eigenvalue weighted by Crippen LogP contribution is 2.30. The molecule has 0 aromatic heterocycles. The Bertz CT molecular complexity index is 602. The predicted octanol–water partition coefficient (Wildman–Crippen LogP) is 2.70. The first kappa shape index (κ1) is 17.3. The molecule has 0 radical (unpaired) electrons. The van der Waals surface area contributed by atoms with Crippen LogP contribution in [0.25, 0.3) is 0 Å². The van der Waals surface area contributed by atoms with Crippen LogP contribution in [-0.4, -0.2) is 39.0 Å². The van der Waals surface area contributed by atoms with Crippen LogP contribution >= 0.6 is 11.8 Å². The van der Waals surface area contributed by atoms with Gasteiger partial charge in [0.05, 0.1) is 10.5 Å². The van der Waals surface area contributed by atoms with E-state index in [1.54, 1.807) is 11.8 Å². The number of carboxylic acid groups (broad SMARTS) is 1. The van der Waals surface area contributed by atoms with Gasteiger partial charge >= 0.3 is 5.97 Å². The van der Waals surface area contributed by atoms with Gasteiger partial charge in [-0.1, -0.05) is 13.3 Å². The van der Waals surface area contributed by atoms with Gasteiger partial charge in [0, 0.05) is 29.0 Å². The molecule has 0 saturated heterocycles. The normalized spacial score (nSPS) is 20.2. The average Bonchev–Trinajstić information content (AvgIpc) is 2.94. The first-order chi connectivity index (χ1) is 10.9. The average molecular weight is 338 g/mol. The highest BCUT2D eigenvalue weighted by Gasteiger charge is 2.29. The highest BCUT2D eigenvalue weighted by atomic mass is 32.2. The van der Waals surface area contributed by atoms with Crippen molar-refractivity contribution in [3.63, 3.8) is 0 Å². The van der Waals surface area contributed by atoms with E-state index in [1.165, 1.54) is 6.07 Å². The van der Waals surface area contributed by atoms with Crippen LogP contribution in [0.2, 0.25) is 0 Å². The number of thioether (sulfide) groups is 1. The SMILES string of the molecule is CCSC1CCCC1NC(=O)c1cc(C(=O)O)cc([N+](=O)[O-])c1. The van der Waals surface area contributed by atoms with Gasteiger partial charge < -0.3 is 10.4 Å². The van der Waals surface area contributed by atoms with Crippen LogP contribution in [0.5, 0.6) is 0 Å². The molecule has 2 unspecified atom stereocenters. The quantitative estimate of drug-likeness (QED) is 0.609. The van der Waals surface area contributed by atoms with E-state index in [9.17, 15) is 19.7 Å². The number of nitro benzene ring substituents is 1. The first-order valence-electron chi connectivity index (χ1n) is 7.37. The second-order valence-corrected chi connectivity index (χ2v) is 6.85. The van der Waals surface area contributed by atoms with Gasteiger partial charge in [0.1, 0.15) is 0 Å². The second-order valence-electron chi connectivity index (χ2n) is 5.34. The molecule has 7 nitrogen and oxygen atoms in total. The van der Waals surface area contributed by atoms with Crippen LogP contribution in [-0.2, 0) is 0 Å². The van der Waals surface area contributed by atoms with Crippen LogP contribution in [0.15, 0.2) is 18.2 Å². The maximum atomic E-state index is 12.4. The smallest absolute Gasteiger partial charge is 0.335 e. The molecule has 2 N–H and O–H groups in total. The van der Waals surface area contributed by atoms with Crippen molar-refractivity contribution in [1.82, 2.24) is 5.32 Å². The molecule has 1 aromatic carbocycles. The van der Waals surface area contributed by atoms with E-state index in [-0.39, 0.29) is 17.2 Å². The van der Waals surface area contributed by atoms with E-state index < -0.39 is 22.5 Å².